The highest BCUT2D eigenvalue weighted by atomic mass is 19.4. The van der Waals surface area contributed by atoms with E-state index in [-0.39, 0.29) is 11.8 Å². The first-order valence-electron chi connectivity index (χ1n) is 8.97. The van der Waals surface area contributed by atoms with Crippen LogP contribution >= 0.6 is 0 Å². The lowest BCUT2D eigenvalue weighted by Gasteiger charge is -2.37. The van der Waals surface area contributed by atoms with E-state index in [9.17, 15) is 18.0 Å². The van der Waals surface area contributed by atoms with Crippen LogP contribution in [0.15, 0.2) is 0 Å². The predicted molar refractivity (Wildman–Crippen MR) is 81.8 cm³/mol. The average molecular weight is 332 g/mol. The van der Waals surface area contributed by atoms with Gasteiger partial charge in [0.25, 0.3) is 0 Å². The van der Waals surface area contributed by atoms with E-state index in [0.717, 1.165) is 58.0 Å². The van der Waals surface area contributed by atoms with Gasteiger partial charge in [-0.2, -0.15) is 13.2 Å². The Morgan fingerprint density at radius 2 is 1.74 bits per heavy atom. The van der Waals surface area contributed by atoms with Gasteiger partial charge >= 0.3 is 6.18 Å². The van der Waals surface area contributed by atoms with Crippen molar-refractivity contribution in [1.82, 2.24) is 10.6 Å². The van der Waals surface area contributed by atoms with Crippen molar-refractivity contribution in [1.29, 1.82) is 0 Å². The summed E-state index contributed by atoms with van der Waals surface area (Å²) in [6, 6.07) is -1.65. The van der Waals surface area contributed by atoms with E-state index in [0.29, 0.717) is 18.3 Å². The van der Waals surface area contributed by atoms with Crippen LogP contribution in [0.2, 0.25) is 0 Å². The topological polar surface area (TPSA) is 41.1 Å². The standard InChI is InChI=1S/C17H27F3N2O/c18-17(19,20)14(12-3-1-2-4-12)22-15(23)13-5-7-16(8-6-13)9-10-21-11-16/h12-14,21H,1-11H2,(H,22,23). The number of carbonyl (C=O) groups excluding carboxylic acids is 1. The molecular weight excluding hydrogens is 305 g/mol. The second-order valence-electron chi connectivity index (χ2n) is 7.77. The van der Waals surface area contributed by atoms with Crippen molar-refractivity contribution in [3.05, 3.63) is 0 Å². The second-order valence-corrected chi connectivity index (χ2v) is 7.77. The summed E-state index contributed by atoms with van der Waals surface area (Å²) in [6.45, 7) is 2.02. The molecule has 0 aromatic rings. The Balaban J connectivity index is 1.57. The molecule has 23 heavy (non-hydrogen) atoms. The first-order chi connectivity index (χ1) is 10.9. The van der Waals surface area contributed by atoms with Crippen molar-refractivity contribution in [3.8, 4) is 0 Å². The van der Waals surface area contributed by atoms with Crippen LogP contribution in [0.1, 0.15) is 57.8 Å². The number of halogens is 3. The summed E-state index contributed by atoms with van der Waals surface area (Å²) in [7, 11) is 0. The Morgan fingerprint density at radius 3 is 2.26 bits per heavy atom. The average Bonchev–Trinajstić information content (AvgIpc) is 3.16. The van der Waals surface area contributed by atoms with Gasteiger partial charge in [-0.1, -0.05) is 12.8 Å². The summed E-state index contributed by atoms with van der Waals surface area (Å²) < 4.78 is 40.0. The van der Waals surface area contributed by atoms with Crippen LogP contribution in [0.3, 0.4) is 0 Å². The summed E-state index contributed by atoms with van der Waals surface area (Å²) >= 11 is 0. The van der Waals surface area contributed by atoms with Crippen LogP contribution < -0.4 is 10.6 Å². The van der Waals surface area contributed by atoms with Crippen molar-refractivity contribution in [2.24, 2.45) is 17.3 Å². The van der Waals surface area contributed by atoms with Crippen molar-refractivity contribution in [3.63, 3.8) is 0 Å². The second kappa shape index (κ2) is 6.61. The Hall–Kier alpha value is -0.780. The summed E-state index contributed by atoms with van der Waals surface area (Å²) in [4.78, 5) is 12.4. The molecule has 1 heterocycles. The lowest BCUT2D eigenvalue weighted by Crippen LogP contribution is -2.51. The summed E-state index contributed by atoms with van der Waals surface area (Å²) in [5, 5.41) is 5.73. The maximum Gasteiger partial charge on any atom is 0.408 e. The maximum atomic E-state index is 13.3. The van der Waals surface area contributed by atoms with Crippen LogP contribution in [0.5, 0.6) is 0 Å². The van der Waals surface area contributed by atoms with Gasteiger partial charge in [0.05, 0.1) is 0 Å². The molecular formula is C17H27F3N2O. The number of nitrogens with one attached hydrogen (secondary N) is 2. The van der Waals surface area contributed by atoms with E-state index >= 15 is 0 Å². The van der Waals surface area contributed by atoms with Gasteiger partial charge in [-0.15, -0.1) is 0 Å². The molecule has 1 amide bonds. The van der Waals surface area contributed by atoms with E-state index in [1.807, 2.05) is 0 Å². The molecule has 0 aromatic carbocycles. The first-order valence-corrected chi connectivity index (χ1v) is 8.97. The van der Waals surface area contributed by atoms with E-state index in [1.165, 1.54) is 0 Å². The third kappa shape index (κ3) is 3.83. The molecule has 1 saturated heterocycles. The number of rotatable bonds is 3. The molecule has 2 N–H and O–H groups in total. The number of hydrogen-bond donors (Lipinski definition) is 2. The first kappa shape index (κ1) is 17.1. The van der Waals surface area contributed by atoms with Gasteiger partial charge in [-0.25, -0.2) is 0 Å². The zero-order valence-corrected chi connectivity index (χ0v) is 13.6. The number of hydrogen-bond acceptors (Lipinski definition) is 2. The molecule has 3 aliphatic rings. The molecule has 1 aliphatic heterocycles. The maximum absolute atomic E-state index is 13.3. The van der Waals surface area contributed by atoms with Gasteiger partial charge in [0.2, 0.25) is 5.91 Å². The summed E-state index contributed by atoms with van der Waals surface area (Å²) in [5.41, 5.74) is 0.297. The van der Waals surface area contributed by atoms with Crippen LogP contribution in [-0.2, 0) is 4.79 Å². The molecule has 0 bridgehead atoms. The highest BCUT2D eigenvalue weighted by Gasteiger charge is 2.47. The van der Waals surface area contributed by atoms with Gasteiger partial charge < -0.3 is 10.6 Å². The third-order valence-corrected chi connectivity index (χ3v) is 6.27. The van der Waals surface area contributed by atoms with Gasteiger partial charge in [0.1, 0.15) is 6.04 Å². The molecule has 132 valence electrons. The highest BCUT2D eigenvalue weighted by molar-refractivity contribution is 5.79. The normalized spacial score (nSPS) is 34.0. The fraction of sp³-hybridized carbons (Fsp3) is 0.941. The van der Waals surface area contributed by atoms with Crippen molar-refractivity contribution < 1.29 is 18.0 Å². The van der Waals surface area contributed by atoms with Crippen molar-refractivity contribution in [2.75, 3.05) is 13.1 Å². The number of alkyl halides is 3. The van der Waals surface area contributed by atoms with E-state index < -0.39 is 18.1 Å². The number of carbonyl (C=O) groups is 1. The van der Waals surface area contributed by atoms with Gasteiger partial charge in [-0.3, -0.25) is 4.79 Å². The molecule has 2 aliphatic carbocycles. The lowest BCUT2D eigenvalue weighted by atomic mass is 9.70. The minimum absolute atomic E-state index is 0.243. The number of amides is 1. The molecule has 1 atom stereocenters. The van der Waals surface area contributed by atoms with Crippen LogP contribution in [0.25, 0.3) is 0 Å². The third-order valence-electron chi connectivity index (χ3n) is 6.27. The summed E-state index contributed by atoms with van der Waals surface area (Å²) in [6.07, 6.45) is 2.98. The Bertz CT molecular complexity index is 416. The fourth-order valence-corrected chi connectivity index (χ4v) is 4.74. The molecule has 0 radical (unpaired) electrons. The minimum Gasteiger partial charge on any atom is -0.344 e. The molecule has 3 nitrogen and oxygen atoms in total. The largest absolute Gasteiger partial charge is 0.408 e. The molecule has 3 rings (SSSR count). The molecule has 3 fully saturated rings. The monoisotopic (exact) mass is 332 g/mol. The Labute approximate surface area is 135 Å². The SMILES string of the molecule is O=C(NC(C1CCCC1)C(F)(F)F)C1CCC2(CCNC2)CC1. The summed E-state index contributed by atoms with van der Waals surface area (Å²) in [5.74, 6) is -1.06. The van der Waals surface area contributed by atoms with Crippen LogP contribution in [0, 0.1) is 17.3 Å². The van der Waals surface area contributed by atoms with E-state index in [2.05, 4.69) is 10.6 Å². The molecule has 1 spiro atoms. The minimum atomic E-state index is -4.34. The zero-order chi connectivity index (χ0) is 16.5. The van der Waals surface area contributed by atoms with E-state index in [1.54, 1.807) is 0 Å². The van der Waals surface area contributed by atoms with Crippen molar-refractivity contribution >= 4 is 5.91 Å². The zero-order valence-electron chi connectivity index (χ0n) is 13.6. The van der Waals surface area contributed by atoms with E-state index in [4.69, 9.17) is 0 Å². The smallest absolute Gasteiger partial charge is 0.344 e. The predicted octanol–water partition coefficient (Wildman–Crippen LogP) is 3.39. The van der Waals surface area contributed by atoms with Crippen LogP contribution in [-0.4, -0.2) is 31.2 Å². The molecule has 0 aromatic heterocycles. The molecule has 2 saturated carbocycles. The van der Waals surface area contributed by atoms with Gasteiger partial charge in [0.15, 0.2) is 0 Å². The van der Waals surface area contributed by atoms with Gasteiger partial charge in [-0.05, 0) is 62.8 Å². The quantitative estimate of drug-likeness (QED) is 0.832. The highest BCUT2D eigenvalue weighted by Crippen LogP contribution is 2.43. The fourth-order valence-electron chi connectivity index (χ4n) is 4.74. The van der Waals surface area contributed by atoms with Gasteiger partial charge in [0, 0.05) is 12.5 Å². The Morgan fingerprint density at radius 1 is 1.09 bits per heavy atom. The molecule has 1 unspecified atom stereocenters. The van der Waals surface area contributed by atoms with Crippen molar-refractivity contribution in [2.45, 2.75) is 70.0 Å². The van der Waals surface area contributed by atoms with Crippen LogP contribution in [0.4, 0.5) is 13.2 Å². The Kier molecular flexibility index (Phi) is 4.90. The molecule has 6 heteroatoms. The lowest BCUT2D eigenvalue weighted by molar-refractivity contribution is -0.173.